The fourth-order valence-corrected chi connectivity index (χ4v) is 3.52. The fourth-order valence-electron chi connectivity index (χ4n) is 2.78. The Bertz CT molecular complexity index is 1190. The van der Waals surface area contributed by atoms with Crippen LogP contribution >= 0.6 is 11.3 Å². The zero-order valence-corrected chi connectivity index (χ0v) is 15.9. The summed E-state index contributed by atoms with van der Waals surface area (Å²) >= 11 is 1.33. The highest BCUT2D eigenvalue weighted by molar-refractivity contribution is 7.14. The van der Waals surface area contributed by atoms with Crippen molar-refractivity contribution in [1.29, 1.82) is 0 Å². The number of benzene rings is 3. The number of nitro groups is 1. The molecular formula is C21H15N3O4S. The van der Waals surface area contributed by atoms with Crippen LogP contribution in [0.25, 0.3) is 22.0 Å². The van der Waals surface area contributed by atoms with Crippen molar-refractivity contribution in [3.8, 4) is 17.0 Å². The van der Waals surface area contributed by atoms with E-state index in [0.29, 0.717) is 10.9 Å². The average Bonchev–Trinajstić information content (AvgIpc) is 3.20. The van der Waals surface area contributed by atoms with Crippen LogP contribution in [-0.4, -0.2) is 22.4 Å². The summed E-state index contributed by atoms with van der Waals surface area (Å²) in [5, 5.41) is 18.0. The quantitative estimate of drug-likeness (QED) is 0.364. The number of thiazole rings is 1. The Morgan fingerprint density at radius 2 is 1.83 bits per heavy atom. The highest BCUT2D eigenvalue weighted by Crippen LogP contribution is 2.27. The summed E-state index contributed by atoms with van der Waals surface area (Å²) in [5.74, 6) is 0.0181. The van der Waals surface area contributed by atoms with Gasteiger partial charge in [-0.3, -0.25) is 20.2 Å². The molecule has 3 aromatic carbocycles. The zero-order chi connectivity index (χ0) is 20.2. The molecule has 0 saturated carbocycles. The monoisotopic (exact) mass is 405 g/mol. The van der Waals surface area contributed by atoms with Crippen LogP contribution in [0.5, 0.6) is 5.75 Å². The smallest absolute Gasteiger partial charge is 0.269 e. The number of hydrogen-bond donors (Lipinski definition) is 1. The molecular weight excluding hydrogens is 390 g/mol. The maximum absolute atomic E-state index is 12.1. The topological polar surface area (TPSA) is 94.4 Å². The van der Waals surface area contributed by atoms with Crippen LogP contribution in [0.15, 0.2) is 72.1 Å². The first-order valence-corrected chi connectivity index (χ1v) is 9.58. The molecule has 0 aliphatic carbocycles. The van der Waals surface area contributed by atoms with E-state index in [9.17, 15) is 14.9 Å². The van der Waals surface area contributed by atoms with Crippen molar-refractivity contribution in [2.45, 2.75) is 0 Å². The standard InChI is InChI=1S/C21H15N3O4S/c25-20(12-28-18-9-7-17(8-10-18)24(26)27)23-21-22-19(13-29-21)16-6-5-14-3-1-2-4-15(14)11-16/h1-11,13H,12H2,(H,22,23,25). The third kappa shape index (κ3) is 4.39. The molecule has 0 aliphatic rings. The number of anilines is 1. The molecule has 0 saturated heterocycles. The zero-order valence-electron chi connectivity index (χ0n) is 15.1. The molecule has 4 rings (SSSR count). The average molecular weight is 405 g/mol. The summed E-state index contributed by atoms with van der Waals surface area (Å²) in [4.78, 5) is 26.7. The minimum absolute atomic E-state index is 0.0363. The number of aromatic nitrogens is 1. The maximum Gasteiger partial charge on any atom is 0.269 e. The van der Waals surface area contributed by atoms with Gasteiger partial charge >= 0.3 is 0 Å². The Kier molecular flexibility index (Phi) is 5.17. The molecule has 0 radical (unpaired) electrons. The van der Waals surface area contributed by atoms with Gasteiger partial charge in [0.1, 0.15) is 5.75 Å². The molecule has 0 spiro atoms. The maximum atomic E-state index is 12.1. The van der Waals surface area contributed by atoms with E-state index < -0.39 is 4.92 Å². The number of nitrogens with one attached hydrogen (secondary N) is 1. The summed E-state index contributed by atoms with van der Waals surface area (Å²) in [7, 11) is 0. The van der Waals surface area contributed by atoms with Gasteiger partial charge in [0.25, 0.3) is 11.6 Å². The number of carbonyl (C=O) groups excluding carboxylic acids is 1. The van der Waals surface area contributed by atoms with Gasteiger partial charge in [-0.05, 0) is 29.0 Å². The third-order valence-corrected chi connectivity index (χ3v) is 4.97. The second-order valence-electron chi connectivity index (χ2n) is 6.19. The van der Waals surface area contributed by atoms with Gasteiger partial charge in [0.15, 0.2) is 11.7 Å². The Labute approximate surface area is 169 Å². The third-order valence-electron chi connectivity index (χ3n) is 4.21. The number of carbonyl (C=O) groups is 1. The van der Waals surface area contributed by atoms with Crippen molar-refractivity contribution in [2.24, 2.45) is 0 Å². The van der Waals surface area contributed by atoms with Crippen molar-refractivity contribution >= 4 is 38.8 Å². The number of rotatable bonds is 6. The molecule has 0 fully saturated rings. The van der Waals surface area contributed by atoms with Crippen LogP contribution in [0.2, 0.25) is 0 Å². The van der Waals surface area contributed by atoms with Crippen molar-refractivity contribution in [3.05, 3.63) is 82.2 Å². The molecule has 0 aliphatic heterocycles. The second-order valence-corrected chi connectivity index (χ2v) is 7.05. The highest BCUT2D eigenvalue weighted by atomic mass is 32.1. The Hall–Kier alpha value is -3.78. The van der Waals surface area contributed by atoms with Crippen LogP contribution in [0.3, 0.4) is 0 Å². The minimum Gasteiger partial charge on any atom is -0.484 e. The first kappa shape index (κ1) is 18.6. The van der Waals surface area contributed by atoms with Crippen LogP contribution < -0.4 is 10.1 Å². The largest absolute Gasteiger partial charge is 0.484 e. The van der Waals surface area contributed by atoms with E-state index in [1.807, 2.05) is 35.7 Å². The number of hydrogen-bond acceptors (Lipinski definition) is 6. The van der Waals surface area contributed by atoms with Gasteiger partial charge in [-0.2, -0.15) is 0 Å². The lowest BCUT2D eigenvalue weighted by Gasteiger charge is -2.05. The fraction of sp³-hybridized carbons (Fsp3) is 0.0476. The molecule has 0 unspecified atom stereocenters. The van der Waals surface area contributed by atoms with E-state index in [0.717, 1.165) is 22.0 Å². The van der Waals surface area contributed by atoms with Crippen LogP contribution in [0.4, 0.5) is 10.8 Å². The van der Waals surface area contributed by atoms with Crippen LogP contribution in [0, 0.1) is 10.1 Å². The number of amides is 1. The molecule has 1 heterocycles. The molecule has 7 nitrogen and oxygen atoms in total. The predicted molar refractivity (Wildman–Crippen MR) is 112 cm³/mol. The Balaban J connectivity index is 1.37. The number of nitro benzene ring substituents is 1. The van der Waals surface area contributed by atoms with E-state index in [2.05, 4.69) is 22.4 Å². The molecule has 1 amide bonds. The lowest BCUT2D eigenvalue weighted by Crippen LogP contribution is -2.20. The van der Waals surface area contributed by atoms with E-state index in [4.69, 9.17) is 4.74 Å². The molecule has 0 atom stereocenters. The normalized spacial score (nSPS) is 10.6. The number of ether oxygens (including phenoxy) is 1. The number of fused-ring (bicyclic) bond motifs is 1. The lowest BCUT2D eigenvalue weighted by atomic mass is 10.1. The van der Waals surface area contributed by atoms with Gasteiger partial charge in [-0.25, -0.2) is 4.98 Å². The van der Waals surface area contributed by atoms with Crippen LogP contribution in [-0.2, 0) is 4.79 Å². The molecule has 8 heteroatoms. The van der Waals surface area contributed by atoms with Gasteiger partial charge < -0.3 is 4.74 Å². The number of nitrogens with zero attached hydrogens (tertiary/aromatic N) is 2. The first-order valence-electron chi connectivity index (χ1n) is 8.70. The predicted octanol–water partition coefficient (Wildman–Crippen LogP) is 4.89. The molecule has 1 aromatic heterocycles. The van der Waals surface area contributed by atoms with Gasteiger partial charge in [0.2, 0.25) is 0 Å². The minimum atomic E-state index is -0.494. The van der Waals surface area contributed by atoms with Gasteiger partial charge in [0, 0.05) is 23.1 Å². The summed E-state index contributed by atoms with van der Waals surface area (Å²) in [5.41, 5.74) is 1.72. The van der Waals surface area contributed by atoms with Crippen molar-refractivity contribution in [3.63, 3.8) is 0 Å². The molecule has 29 heavy (non-hydrogen) atoms. The van der Waals surface area contributed by atoms with Crippen molar-refractivity contribution < 1.29 is 14.5 Å². The Morgan fingerprint density at radius 1 is 1.07 bits per heavy atom. The van der Waals surface area contributed by atoms with Gasteiger partial charge in [-0.15, -0.1) is 11.3 Å². The van der Waals surface area contributed by atoms with E-state index in [1.165, 1.54) is 35.6 Å². The van der Waals surface area contributed by atoms with Gasteiger partial charge in [0.05, 0.1) is 10.6 Å². The highest BCUT2D eigenvalue weighted by Gasteiger charge is 2.10. The molecule has 4 aromatic rings. The van der Waals surface area contributed by atoms with E-state index in [-0.39, 0.29) is 18.2 Å². The molecule has 0 bridgehead atoms. The SMILES string of the molecule is O=C(COc1ccc([N+](=O)[O-])cc1)Nc1nc(-c2ccc3ccccc3c2)cs1. The summed E-state index contributed by atoms with van der Waals surface area (Å²) in [6.45, 7) is -0.220. The van der Waals surface area contributed by atoms with E-state index >= 15 is 0 Å². The molecule has 1 N–H and O–H groups in total. The summed E-state index contributed by atoms with van der Waals surface area (Å²) in [6.07, 6.45) is 0. The molecule has 144 valence electrons. The van der Waals surface area contributed by atoms with Crippen LogP contribution in [0.1, 0.15) is 0 Å². The first-order chi connectivity index (χ1) is 14.1. The summed E-state index contributed by atoms with van der Waals surface area (Å²) in [6, 6.07) is 19.7. The van der Waals surface area contributed by atoms with Crippen molar-refractivity contribution in [2.75, 3.05) is 11.9 Å². The lowest BCUT2D eigenvalue weighted by molar-refractivity contribution is -0.384. The Morgan fingerprint density at radius 3 is 2.59 bits per heavy atom. The van der Waals surface area contributed by atoms with Crippen molar-refractivity contribution in [1.82, 2.24) is 4.98 Å². The summed E-state index contributed by atoms with van der Waals surface area (Å²) < 4.78 is 5.36. The van der Waals surface area contributed by atoms with E-state index in [1.54, 1.807) is 0 Å². The number of non-ortho nitro benzene ring substituents is 1. The second kappa shape index (κ2) is 8.07. The van der Waals surface area contributed by atoms with Gasteiger partial charge in [-0.1, -0.05) is 36.4 Å².